The maximum absolute atomic E-state index is 13.0. The molecule has 0 saturated carbocycles. The molecule has 3 rings (SSSR count). The van der Waals surface area contributed by atoms with Gasteiger partial charge in [0.2, 0.25) is 0 Å². The van der Waals surface area contributed by atoms with E-state index in [4.69, 9.17) is 0 Å². The van der Waals surface area contributed by atoms with Crippen molar-refractivity contribution in [1.29, 1.82) is 0 Å². The molecule has 3 aromatic carbocycles. The Kier molecular flexibility index (Phi) is 5.05. The van der Waals surface area contributed by atoms with Crippen LogP contribution in [-0.4, -0.2) is 14.2 Å². The lowest BCUT2D eigenvalue weighted by atomic mass is 9.92. The van der Waals surface area contributed by atoms with Crippen LogP contribution in [0.5, 0.6) is 0 Å². The summed E-state index contributed by atoms with van der Waals surface area (Å²) in [7, 11) is -3.38. The van der Waals surface area contributed by atoms with Crippen LogP contribution in [0.1, 0.15) is 28.2 Å². The van der Waals surface area contributed by atoms with Gasteiger partial charge in [0.25, 0.3) is 0 Å². The predicted molar refractivity (Wildman–Crippen MR) is 103 cm³/mol. The summed E-state index contributed by atoms with van der Waals surface area (Å²) >= 11 is 0. The zero-order chi connectivity index (χ0) is 17.9. The lowest BCUT2D eigenvalue weighted by Gasteiger charge is -2.19. The molecule has 0 unspecified atom stereocenters. The van der Waals surface area contributed by atoms with E-state index in [1.165, 1.54) is 0 Å². The van der Waals surface area contributed by atoms with Crippen molar-refractivity contribution in [3.63, 3.8) is 0 Å². The SMILES string of the molecule is Cc1ccc([C@@H](CS(=O)(=O)c2ccc(C)cc2)c2ccccc2)cc1. The van der Waals surface area contributed by atoms with Crippen LogP contribution in [0.4, 0.5) is 0 Å². The maximum Gasteiger partial charge on any atom is 0.179 e. The van der Waals surface area contributed by atoms with E-state index >= 15 is 0 Å². The summed E-state index contributed by atoms with van der Waals surface area (Å²) in [6.07, 6.45) is 0. The van der Waals surface area contributed by atoms with Gasteiger partial charge in [0.1, 0.15) is 0 Å². The molecule has 0 radical (unpaired) electrons. The molecule has 0 bridgehead atoms. The molecule has 0 aliphatic heterocycles. The summed E-state index contributed by atoms with van der Waals surface area (Å²) in [5.41, 5.74) is 4.25. The van der Waals surface area contributed by atoms with Gasteiger partial charge in [-0.25, -0.2) is 8.42 Å². The van der Waals surface area contributed by atoms with Crippen LogP contribution in [0.3, 0.4) is 0 Å². The number of hydrogen-bond acceptors (Lipinski definition) is 2. The lowest BCUT2D eigenvalue weighted by molar-refractivity contribution is 0.592. The standard InChI is InChI=1S/C22H22O2S/c1-17-8-12-20(13-9-17)22(19-6-4-3-5-7-19)16-25(23,24)21-14-10-18(2)11-15-21/h3-15,22H,16H2,1-2H3/t22-/m0/s1. The first-order valence-corrected chi connectivity index (χ1v) is 10.0. The van der Waals surface area contributed by atoms with E-state index in [9.17, 15) is 8.42 Å². The van der Waals surface area contributed by atoms with Gasteiger partial charge >= 0.3 is 0 Å². The number of aryl methyl sites for hydroxylation is 2. The number of rotatable bonds is 5. The van der Waals surface area contributed by atoms with Gasteiger partial charge < -0.3 is 0 Å². The third-order valence-electron chi connectivity index (χ3n) is 4.45. The van der Waals surface area contributed by atoms with E-state index in [-0.39, 0.29) is 11.7 Å². The van der Waals surface area contributed by atoms with Crippen molar-refractivity contribution in [2.24, 2.45) is 0 Å². The first-order valence-electron chi connectivity index (χ1n) is 8.37. The first kappa shape index (κ1) is 17.4. The van der Waals surface area contributed by atoms with Crippen LogP contribution in [0.25, 0.3) is 0 Å². The van der Waals surface area contributed by atoms with Gasteiger partial charge in [-0.3, -0.25) is 0 Å². The van der Waals surface area contributed by atoms with E-state index < -0.39 is 9.84 Å². The van der Waals surface area contributed by atoms with Gasteiger partial charge in [0.05, 0.1) is 10.6 Å². The zero-order valence-electron chi connectivity index (χ0n) is 14.5. The Morgan fingerprint density at radius 2 is 1.16 bits per heavy atom. The number of benzene rings is 3. The molecule has 0 heterocycles. The van der Waals surface area contributed by atoms with E-state index in [2.05, 4.69) is 0 Å². The normalized spacial score (nSPS) is 12.7. The third-order valence-corrected chi connectivity index (χ3v) is 6.21. The Balaban J connectivity index is 2.00. The van der Waals surface area contributed by atoms with Gasteiger partial charge in [-0.05, 0) is 37.1 Å². The molecule has 0 fully saturated rings. The molecule has 25 heavy (non-hydrogen) atoms. The van der Waals surface area contributed by atoms with Gasteiger partial charge in [-0.1, -0.05) is 77.9 Å². The fourth-order valence-corrected chi connectivity index (χ4v) is 4.50. The molecule has 0 aliphatic rings. The lowest BCUT2D eigenvalue weighted by Crippen LogP contribution is -2.16. The number of sulfone groups is 1. The van der Waals surface area contributed by atoms with Crippen molar-refractivity contribution in [3.05, 3.63) is 101 Å². The van der Waals surface area contributed by atoms with Crippen molar-refractivity contribution >= 4 is 9.84 Å². The van der Waals surface area contributed by atoms with Crippen LogP contribution in [0.2, 0.25) is 0 Å². The van der Waals surface area contributed by atoms with Crippen LogP contribution in [0, 0.1) is 13.8 Å². The molecule has 0 aromatic heterocycles. The quantitative estimate of drug-likeness (QED) is 0.655. The highest BCUT2D eigenvalue weighted by atomic mass is 32.2. The molecule has 1 atom stereocenters. The largest absolute Gasteiger partial charge is 0.224 e. The van der Waals surface area contributed by atoms with E-state index in [1.54, 1.807) is 12.1 Å². The maximum atomic E-state index is 13.0. The third kappa shape index (κ3) is 4.18. The Morgan fingerprint density at radius 3 is 1.72 bits per heavy atom. The molecule has 0 aliphatic carbocycles. The van der Waals surface area contributed by atoms with Gasteiger partial charge in [0, 0.05) is 5.92 Å². The molecule has 0 saturated heterocycles. The molecular formula is C22H22O2S. The highest BCUT2D eigenvalue weighted by Gasteiger charge is 2.24. The second kappa shape index (κ2) is 7.24. The van der Waals surface area contributed by atoms with Crippen molar-refractivity contribution in [2.75, 3.05) is 5.75 Å². The van der Waals surface area contributed by atoms with Gasteiger partial charge in [-0.2, -0.15) is 0 Å². The Labute approximate surface area is 150 Å². The molecule has 3 aromatic rings. The summed E-state index contributed by atoms with van der Waals surface area (Å²) in [6.45, 7) is 3.99. The van der Waals surface area contributed by atoms with Gasteiger partial charge in [0.15, 0.2) is 9.84 Å². The van der Waals surface area contributed by atoms with Crippen LogP contribution in [0.15, 0.2) is 83.8 Å². The zero-order valence-corrected chi connectivity index (χ0v) is 15.3. The van der Waals surface area contributed by atoms with Crippen LogP contribution in [-0.2, 0) is 9.84 Å². The minimum Gasteiger partial charge on any atom is -0.224 e. The Morgan fingerprint density at radius 1 is 0.680 bits per heavy atom. The number of hydrogen-bond donors (Lipinski definition) is 0. The smallest absolute Gasteiger partial charge is 0.179 e. The minimum absolute atomic E-state index is 0.0587. The predicted octanol–water partition coefficient (Wildman–Crippen LogP) is 4.91. The minimum atomic E-state index is -3.38. The second-order valence-electron chi connectivity index (χ2n) is 6.47. The summed E-state index contributed by atoms with van der Waals surface area (Å²) in [6, 6.07) is 25.0. The van der Waals surface area contributed by atoms with Crippen molar-refractivity contribution in [3.8, 4) is 0 Å². The summed E-state index contributed by atoms with van der Waals surface area (Å²) in [4.78, 5) is 0.381. The molecule has 3 heteroatoms. The molecule has 128 valence electrons. The highest BCUT2D eigenvalue weighted by molar-refractivity contribution is 7.91. The molecule has 2 nitrogen and oxygen atoms in total. The van der Waals surface area contributed by atoms with E-state index in [0.717, 1.165) is 22.3 Å². The Hall–Kier alpha value is -2.39. The fourth-order valence-electron chi connectivity index (χ4n) is 2.93. The second-order valence-corrected chi connectivity index (χ2v) is 8.50. The summed E-state index contributed by atoms with van der Waals surface area (Å²) in [5.74, 6) is -0.128. The monoisotopic (exact) mass is 350 g/mol. The van der Waals surface area contributed by atoms with Crippen LogP contribution < -0.4 is 0 Å². The fraction of sp³-hybridized carbons (Fsp3) is 0.182. The topological polar surface area (TPSA) is 34.1 Å². The first-order chi connectivity index (χ1) is 12.0. The average Bonchev–Trinajstić information content (AvgIpc) is 2.62. The molecule has 0 spiro atoms. The van der Waals surface area contributed by atoms with Gasteiger partial charge in [-0.15, -0.1) is 0 Å². The van der Waals surface area contributed by atoms with Crippen molar-refractivity contribution in [1.82, 2.24) is 0 Å². The highest BCUT2D eigenvalue weighted by Crippen LogP contribution is 2.29. The summed E-state index contributed by atoms with van der Waals surface area (Å²) in [5, 5.41) is 0. The van der Waals surface area contributed by atoms with Crippen molar-refractivity contribution < 1.29 is 8.42 Å². The molecule has 0 N–H and O–H groups in total. The van der Waals surface area contributed by atoms with E-state index in [0.29, 0.717) is 4.90 Å². The van der Waals surface area contributed by atoms with Crippen LogP contribution >= 0.6 is 0 Å². The average molecular weight is 350 g/mol. The molecular weight excluding hydrogens is 328 g/mol. The van der Waals surface area contributed by atoms with E-state index in [1.807, 2.05) is 80.6 Å². The van der Waals surface area contributed by atoms with Crippen molar-refractivity contribution in [2.45, 2.75) is 24.7 Å². The summed E-state index contributed by atoms with van der Waals surface area (Å²) < 4.78 is 25.9. The molecule has 0 amide bonds. The Bertz CT molecular complexity index is 926.